The summed E-state index contributed by atoms with van der Waals surface area (Å²) in [5, 5.41) is 11.2. The van der Waals surface area contributed by atoms with Crippen molar-refractivity contribution in [1.82, 2.24) is 25.2 Å². The molecule has 8 heteroatoms. The molecule has 0 saturated carbocycles. The molecule has 1 aliphatic rings. The lowest BCUT2D eigenvalue weighted by Crippen LogP contribution is -2.48. The first-order chi connectivity index (χ1) is 17.9. The highest BCUT2D eigenvalue weighted by Gasteiger charge is 2.40. The van der Waals surface area contributed by atoms with E-state index in [2.05, 4.69) is 41.6 Å². The third kappa shape index (κ3) is 5.23. The Bertz CT molecular complexity index is 1390. The van der Waals surface area contributed by atoms with Crippen molar-refractivity contribution in [3.63, 3.8) is 0 Å². The molecule has 0 spiro atoms. The molecule has 4 aromatic rings. The van der Waals surface area contributed by atoms with Crippen LogP contribution in [0, 0.1) is 0 Å². The molecular formula is C29H30FN5O2. The van der Waals surface area contributed by atoms with Crippen LogP contribution in [0.5, 0.6) is 0 Å². The Labute approximate surface area is 215 Å². The minimum atomic E-state index is -1.27. The molecule has 7 nitrogen and oxygen atoms in total. The quantitative estimate of drug-likeness (QED) is 0.409. The van der Waals surface area contributed by atoms with E-state index in [-0.39, 0.29) is 31.3 Å². The Balaban J connectivity index is 1.37. The number of likely N-dealkylation sites (tertiary alicyclic amines) is 1. The van der Waals surface area contributed by atoms with Gasteiger partial charge in [0.1, 0.15) is 24.3 Å². The van der Waals surface area contributed by atoms with Gasteiger partial charge in [-0.05, 0) is 34.7 Å². The third-order valence-electron chi connectivity index (χ3n) is 6.93. The van der Waals surface area contributed by atoms with Gasteiger partial charge in [-0.25, -0.2) is 9.07 Å². The predicted octanol–water partition coefficient (Wildman–Crippen LogP) is 4.40. The molecule has 2 heterocycles. The Morgan fingerprint density at radius 2 is 1.59 bits per heavy atom. The van der Waals surface area contributed by atoms with Crippen molar-refractivity contribution in [2.75, 3.05) is 6.54 Å². The van der Waals surface area contributed by atoms with Gasteiger partial charge in [0.2, 0.25) is 11.8 Å². The molecule has 1 aliphatic heterocycles. The minimum Gasteiger partial charge on any atom is -0.343 e. The van der Waals surface area contributed by atoms with Crippen LogP contribution in [-0.2, 0) is 16.1 Å². The van der Waals surface area contributed by atoms with Gasteiger partial charge in [-0.15, -0.1) is 5.10 Å². The first kappa shape index (κ1) is 24.6. The number of carbonyl (C=O) groups excluding carboxylic acids is 2. The van der Waals surface area contributed by atoms with E-state index in [0.29, 0.717) is 17.0 Å². The second kappa shape index (κ2) is 10.5. The molecule has 0 bridgehead atoms. The van der Waals surface area contributed by atoms with Crippen molar-refractivity contribution < 1.29 is 14.0 Å². The number of hydrogen-bond acceptors (Lipinski definition) is 4. The van der Waals surface area contributed by atoms with Crippen molar-refractivity contribution in [3.8, 4) is 0 Å². The maximum absolute atomic E-state index is 14.6. The summed E-state index contributed by atoms with van der Waals surface area (Å²) in [4.78, 5) is 28.1. The lowest BCUT2D eigenvalue weighted by atomic mass is 9.95. The highest BCUT2D eigenvalue weighted by molar-refractivity contribution is 5.89. The van der Waals surface area contributed by atoms with Crippen molar-refractivity contribution in [3.05, 3.63) is 95.6 Å². The average molecular weight is 500 g/mol. The fraction of sp³-hybridized carbons (Fsp3) is 0.310. The average Bonchev–Trinajstić information content (AvgIpc) is 3.51. The summed E-state index contributed by atoms with van der Waals surface area (Å²) < 4.78 is 16.1. The van der Waals surface area contributed by atoms with Gasteiger partial charge in [0.25, 0.3) is 0 Å². The van der Waals surface area contributed by atoms with Gasteiger partial charge in [-0.3, -0.25) is 9.59 Å². The summed E-state index contributed by atoms with van der Waals surface area (Å²) >= 11 is 0. The summed E-state index contributed by atoms with van der Waals surface area (Å²) in [7, 11) is 0. The van der Waals surface area contributed by atoms with Gasteiger partial charge in [-0.2, -0.15) is 0 Å². The standard InChI is InChI=1S/C29H30FN5O2/c1-19(2)20-12-14-22(15-13-20)28(21-8-4-3-5-9-21)31-29(37)26-16-23(30)17-34(26)27(36)18-35-25-11-7-6-10-24(25)32-33-35/h3-15,19,23,26,28H,16-18H2,1-2H3,(H,31,37). The molecule has 2 amide bonds. The van der Waals surface area contributed by atoms with E-state index in [4.69, 9.17) is 0 Å². The summed E-state index contributed by atoms with van der Waals surface area (Å²) in [5.74, 6) is -0.354. The summed E-state index contributed by atoms with van der Waals surface area (Å²) in [6.45, 7) is 4.03. The fourth-order valence-corrected chi connectivity index (χ4v) is 4.88. The van der Waals surface area contributed by atoms with Crippen LogP contribution in [0.15, 0.2) is 78.9 Å². The molecule has 1 fully saturated rings. The Morgan fingerprint density at radius 3 is 2.32 bits per heavy atom. The lowest BCUT2D eigenvalue weighted by molar-refractivity contribution is -0.139. The van der Waals surface area contributed by atoms with Crippen LogP contribution in [0.3, 0.4) is 0 Å². The topological polar surface area (TPSA) is 80.1 Å². The number of amides is 2. The number of benzene rings is 3. The van der Waals surface area contributed by atoms with Crippen LogP contribution in [0.2, 0.25) is 0 Å². The highest BCUT2D eigenvalue weighted by atomic mass is 19.1. The number of rotatable bonds is 7. The van der Waals surface area contributed by atoms with E-state index < -0.39 is 18.3 Å². The zero-order valence-electron chi connectivity index (χ0n) is 20.9. The number of aromatic nitrogens is 3. The van der Waals surface area contributed by atoms with Crippen molar-refractivity contribution in [2.45, 2.75) is 51.0 Å². The van der Waals surface area contributed by atoms with E-state index in [1.807, 2.05) is 66.7 Å². The summed E-state index contributed by atoms with van der Waals surface area (Å²) in [6, 6.07) is 23.8. The third-order valence-corrected chi connectivity index (χ3v) is 6.93. The molecule has 1 saturated heterocycles. The highest BCUT2D eigenvalue weighted by Crippen LogP contribution is 2.27. The molecule has 1 N–H and O–H groups in total. The Kier molecular flexibility index (Phi) is 6.99. The smallest absolute Gasteiger partial charge is 0.245 e. The number of nitrogens with zero attached hydrogens (tertiary/aromatic N) is 4. The van der Waals surface area contributed by atoms with Crippen LogP contribution >= 0.6 is 0 Å². The van der Waals surface area contributed by atoms with Crippen LogP contribution in [-0.4, -0.2) is 50.5 Å². The predicted molar refractivity (Wildman–Crippen MR) is 140 cm³/mol. The first-order valence-electron chi connectivity index (χ1n) is 12.6. The fourth-order valence-electron chi connectivity index (χ4n) is 4.88. The van der Waals surface area contributed by atoms with Gasteiger partial charge >= 0.3 is 0 Å². The largest absolute Gasteiger partial charge is 0.343 e. The SMILES string of the molecule is CC(C)c1ccc(C(NC(=O)C2CC(F)CN2C(=O)Cn2nnc3ccccc32)c2ccccc2)cc1. The number of para-hydroxylation sites is 1. The van der Waals surface area contributed by atoms with Gasteiger partial charge in [0.15, 0.2) is 0 Å². The summed E-state index contributed by atoms with van der Waals surface area (Å²) in [5.41, 5.74) is 4.42. The molecule has 5 rings (SSSR count). The molecule has 3 atom stereocenters. The zero-order valence-corrected chi connectivity index (χ0v) is 20.9. The Morgan fingerprint density at radius 1 is 0.946 bits per heavy atom. The number of carbonyl (C=O) groups is 2. The van der Waals surface area contributed by atoms with Crippen LogP contribution < -0.4 is 5.32 Å². The Hall–Kier alpha value is -4.07. The van der Waals surface area contributed by atoms with E-state index in [1.54, 1.807) is 0 Å². The second-order valence-corrected chi connectivity index (χ2v) is 9.80. The van der Waals surface area contributed by atoms with E-state index >= 15 is 0 Å². The van der Waals surface area contributed by atoms with Gasteiger partial charge < -0.3 is 10.2 Å². The number of halogens is 1. The van der Waals surface area contributed by atoms with Crippen molar-refractivity contribution >= 4 is 22.8 Å². The summed E-state index contributed by atoms with van der Waals surface area (Å²) in [6.07, 6.45) is -1.31. The zero-order chi connectivity index (χ0) is 25.9. The number of nitrogens with one attached hydrogen (secondary N) is 1. The van der Waals surface area contributed by atoms with E-state index in [1.165, 1.54) is 15.1 Å². The van der Waals surface area contributed by atoms with Crippen LogP contribution in [0.4, 0.5) is 4.39 Å². The van der Waals surface area contributed by atoms with E-state index in [9.17, 15) is 14.0 Å². The molecule has 0 aliphatic carbocycles. The molecule has 3 unspecified atom stereocenters. The molecule has 3 aromatic carbocycles. The molecule has 0 radical (unpaired) electrons. The minimum absolute atomic E-state index is 0.0382. The first-order valence-corrected chi connectivity index (χ1v) is 12.6. The monoisotopic (exact) mass is 499 g/mol. The number of hydrogen-bond donors (Lipinski definition) is 1. The normalized spacial score (nSPS) is 18.3. The number of fused-ring (bicyclic) bond motifs is 1. The number of alkyl halides is 1. The van der Waals surface area contributed by atoms with Crippen LogP contribution in [0.25, 0.3) is 11.0 Å². The molecule has 1 aromatic heterocycles. The van der Waals surface area contributed by atoms with Gasteiger partial charge in [0.05, 0.1) is 18.1 Å². The van der Waals surface area contributed by atoms with Gasteiger partial charge in [-0.1, -0.05) is 85.8 Å². The second-order valence-electron chi connectivity index (χ2n) is 9.80. The molecule has 190 valence electrons. The van der Waals surface area contributed by atoms with E-state index in [0.717, 1.165) is 11.1 Å². The molecular weight excluding hydrogens is 469 g/mol. The van der Waals surface area contributed by atoms with Crippen molar-refractivity contribution in [2.24, 2.45) is 0 Å². The maximum atomic E-state index is 14.6. The molecule has 37 heavy (non-hydrogen) atoms. The van der Waals surface area contributed by atoms with Gasteiger partial charge in [0, 0.05) is 6.42 Å². The lowest BCUT2D eigenvalue weighted by Gasteiger charge is -2.27. The van der Waals surface area contributed by atoms with Crippen molar-refractivity contribution in [1.29, 1.82) is 0 Å². The van der Waals surface area contributed by atoms with Crippen LogP contribution in [0.1, 0.15) is 48.9 Å². The maximum Gasteiger partial charge on any atom is 0.245 e.